The molecule has 0 unspecified atom stereocenters. The van der Waals surface area contributed by atoms with Crippen LogP contribution in [-0.2, 0) is 0 Å². The second kappa shape index (κ2) is 8.31. The largest absolute Gasteiger partial charge is 0.454 e. The maximum Gasteiger partial charge on any atom is 0.206 e. The molecule has 1 atom stereocenters. The number of pyridine rings is 1. The van der Waals surface area contributed by atoms with Gasteiger partial charge < -0.3 is 9.73 Å². The Balaban J connectivity index is 1.64. The van der Waals surface area contributed by atoms with Crippen LogP contribution in [0.15, 0.2) is 70.0 Å². The number of aryl methyl sites for hydroxylation is 1. The summed E-state index contributed by atoms with van der Waals surface area (Å²) < 4.78 is 6.36. The molecule has 33 heavy (non-hydrogen) atoms. The standard InChI is InChI=1S/C25H22N6O2/c1-14-12-18(16(3)27-20-9-5-4-8-17(20)25-28-30-31-29-25)24-19(13-14)22(32)15(2)23(33-24)21-10-6-7-11-26-21/h4-13,16,27H,1-3H3,(H,28,29,30,31)/t16-/m1/s1. The zero-order valence-corrected chi connectivity index (χ0v) is 18.5. The molecule has 3 heterocycles. The Morgan fingerprint density at radius 2 is 1.88 bits per heavy atom. The number of para-hydroxylation sites is 1. The predicted octanol–water partition coefficient (Wildman–Crippen LogP) is 4.83. The van der Waals surface area contributed by atoms with Crippen LogP contribution in [-0.4, -0.2) is 25.6 Å². The minimum atomic E-state index is -0.178. The molecule has 164 valence electrons. The Bertz CT molecular complexity index is 1490. The molecule has 8 heteroatoms. The first kappa shape index (κ1) is 20.6. The first-order valence-electron chi connectivity index (χ1n) is 10.6. The van der Waals surface area contributed by atoms with Crippen LogP contribution < -0.4 is 10.7 Å². The molecule has 0 aliphatic rings. The lowest BCUT2D eigenvalue weighted by atomic mass is 9.99. The Morgan fingerprint density at radius 3 is 2.64 bits per heavy atom. The van der Waals surface area contributed by atoms with Gasteiger partial charge in [0.05, 0.1) is 11.4 Å². The quantitative estimate of drug-likeness (QED) is 0.405. The van der Waals surface area contributed by atoms with Gasteiger partial charge in [-0.05, 0) is 61.9 Å². The van der Waals surface area contributed by atoms with E-state index in [9.17, 15) is 4.79 Å². The molecule has 3 aromatic heterocycles. The highest BCUT2D eigenvalue weighted by Gasteiger charge is 2.20. The van der Waals surface area contributed by atoms with Gasteiger partial charge in [0, 0.05) is 28.6 Å². The van der Waals surface area contributed by atoms with E-state index in [1.165, 1.54) is 0 Å². The maximum atomic E-state index is 13.3. The molecular formula is C25H22N6O2. The minimum Gasteiger partial charge on any atom is -0.454 e. The molecule has 2 N–H and O–H groups in total. The van der Waals surface area contributed by atoms with E-state index >= 15 is 0 Å². The second-order valence-corrected chi connectivity index (χ2v) is 7.98. The molecule has 0 amide bonds. The molecule has 0 spiro atoms. The molecule has 0 radical (unpaired) electrons. The lowest BCUT2D eigenvalue weighted by molar-refractivity contribution is 0.603. The third kappa shape index (κ3) is 3.76. The molecule has 8 nitrogen and oxygen atoms in total. The SMILES string of the molecule is Cc1cc([C@@H](C)Nc2ccccc2-c2nn[nH]n2)c2oc(-c3ccccn3)c(C)c(=O)c2c1. The third-order valence-corrected chi connectivity index (χ3v) is 5.64. The second-order valence-electron chi connectivity index (χ2n) is 7.98. The van der Waals surface area contributed by atoms with Gasteiger partial charge in [-0.2, -0.15) is 5.21 Å². The monoisotopic (exact) mass is 438 g/mol. The maximum absolute atomic E-state index is 13.3. The fourth-order valence-electron chi connectivity index (χ4n) is 4.02. The number of hydrogen-bond donors (Lipinski definition) is 2. The molecule has 2 aromatic carbocycles. The summed E-state index contributed by atoms with van der Waals surface area (Å²) in [5.41, 5.74) is 5.19. The van der Waals surface area contributed by atoms with Crippen molar-refractivity contribution in [3.05, 3.63) is 87.7 Å². The predicted molar refractivity (Wildman–Crippen MR) is 127 cm³/mol. The normalized spacial score (nSPS) is 12.1. The molecule has 5 aromatic rings. The van der Waals surface area contributed by atoms with Crippen LogP contribution in [0.2, 0.25) is 0 Å². The number of aromatic amines is 1. The van der Waals surface area contributed by atoms with Gasteiger partial charge in [-0.15, -0.1) is 10.2 Å². The fourth-order valence-corrected chi connectivity index (χ4v) is 4.02. The topological polar surface area (TPSA) is 110 Å². The van der Waals surface area contributed by atoms with E-state index in [0.717, 1.165) is 22.4 Å². The van der Waals surface area contributed by atoms with Gasteiger partial charge in [0.2, 0.25) is 5.82 Å². The highest BCUT2D eigenvalue weighted by atomic mass is 16.3. The van der Waals surface area contributed by atoms with E-state index in [1.807, 2.05) is 68.4 Å². The van der Waals surface area contributed by atoms with Crippen molar-refractivity contribution < 1.29 is 4.42 Å². The lowest BCUT2D eigenvalue weighted by Crippen LogP contribution is -2.13. The van der Waals surface area contributed by atoms with Crippen molar-refractivity contribution in [2.75, 3.05) is 5.32 Å². The third-order valence-electron chi connectivity index (χ3n) is 5.64. The molecular weight excluding hydrogens is 416 g/mol. The molecule has 0 aliphatic heterocycles. The van der Waals surface area contributed by atoms with Gasteiger partial charge in [-0.3, -0.25) is 9.78 Å². The number of tetrazole rings is 1. The smallest absolute Gasteiger partial charge is 0.206 e. The summed E-state index contributed by atoms with van der Waals surface area (Å²) in [6.07, 6.45) is 1.69. The van der Waals surface area contributed by atoms with Gasteiger partial charge in [-0.25, -0.2) is 0 Å². The van der Waals surface area contributed by atoms with Gasteiger partial charge in [0.1, 0.15) is 11.3 Å². The first-order valence-corrected chi connectivity index (χ1v) is 10.6. The number of rotatable bonds is 5. The van der Waals surface area contributed by atoms with Crippen LogP contribution in [0, 0.1) is 13.8 Å². The van der Waals surface area contributed by atoms with Crippen LogP contribution in [0.3, 0.4) is 0 Å². The highest BCUT2D eigenvalue weighted by Crippen LogP contribution is 2.33. The van der Waals surface area contributed by atoms with E-state index < -0.39 is 0 Å². The summed E-state index contributed by atoms with van der Waals surface area (Å²) >= 11 is 0. The molecule has 0 bridgehead atoms. The van der Waals surface area contributed by atoms with Crippen molar-refractivity contribution in [2.45, 2.75) is 26.8 Å². The van der Waals surface area contributed by atoms with E-state index in [0.29, 0.717) is 33.8 Å². The van der Waals surface area contributed by atoms with Gasteiger partial charge in [-0.1, -0.05) is 24.3 Å². The van der Waals surface area contributed by atoms with Crippen molar-refractivity contribution in [1.29, 1.82) is 0 Å². The molecule has 0 fully saturated rings. The van der Waals surface area contributed by atoms with Crippen LogP contribution in [0.4, 0.5) is 5.69 Å². The Labute approximate surface area is 189 Å². The van der Waals surface area contributed by atoms with Crippen LogP contribution >= 0.6 is 0 Å². The van der Waals surface area contributed by atoms with Gasteiger partial charge >= 0.3 is 0 Å². The Hall–Kier alpha value is -4.33. The van der Waals surface area contributed by atoms with Gasteiger partial charge in [0.15, 0.2) is 11.2 Å². The van der Waals surface area contributed by atoms with E-state index in [2.05, 4.69) is 30.9 Å². The average molecular weight is 438 g/mol. The number of nitrogens with one attached hydrogen (secondary N) is 2. The van der Waals surface area contributed by atoms with Crippen molar-refractivity contribution in [2.24, 2.45) is 0 Å². The van der Waals surface area contributed by atoms with Crippen molar-refractivity contribution in [3.63, 3.8) is 0 Å². The molecule has 0 aliphatic carbocycles. The summed E-state index contributed by atoms with van der Waals surface area (Å²) in [7, 11) is 0. The van der Waals surface area contributed by atoms with E-state index in [-0.39, 0.29) is 11.5 Å². The summed E-state index contributed by atoms with van der Waals surface area (Å²) in [5, 5.41) is 18.5. The number of anilines is 1. The minimum absolute atomic E-state index is 0.0544. The molecule has 5 rings (SSSR count). The molecule has 0 saturated carbocycles. The lowest BCUT2D eigenvalue weighted by Gasteiger charge is -2.20. The average Bonchev–Trinajstić information content (AvgIpc) is 3.37. The molecule has 0 saturated heterocycles. The van der Waals surface area contributed by atoms with Gasteiger partial charge in [0.25, 0.3) is 0 Å². The number of fused-ring (bicyclic) bond motifs is 1. The van der Waals surface area contributed by atoms with Crippen molar-refractivity contribution >= 4 is 16.7 Å². The summed E-state index contributed by atoms with van der Waals surface area (Å²) in [4.78, 5) is 17.7. The Morgan fingerprint density at radius 1 is 1.06 bits per heavy atom. The Kier molecular flexibility index (Phi) is 5.18. The zero-order valence-electron chi connectivity index (χ0n) is 18.5. The summed E-state index contributed by atoms with van der Waals surface area (Å²) in [5.74, 6) is 0.983. The summed E-state index contributed by atoms with van der Waals surface area (Å²) in [6.45, 7) is 5.78. The van der Waals surface area contributed by atoms with Crippen molar-refractivity contribution in [3.8, 4) is 22.8 Å². The number of H-pyrrole nitrogens is 1. The van der Waals surface area contributed by atoms with E-state index in [1.54, 1.807) is 13.1 Å². The van der Waals surface area contributed by atoms with Crippen LogP contribution in [0.1, 0.15) is 29.7 Å². The van der Waals surface area contributed by atoms with Crippen LogP contribution in [0.5, 0.6) is 0 Å². The highest BCUT2D eigenvalue weighted by molar-refractivity contribution is 5.84. The fraction of sp³-hybridized carbons (Fsp3) is 0.160. The van der Waals surface area contributed by atoms with Crippen molar-refractivity contribution in [1.82, 2.24) is 25.6 Å². The first-order chi connectivity index (χ1) is 16.0. The number of hydrogen-bond acceptors (Lipinski definition) is 7. The number of benzene rings is 2. The number of aromatic nitrogens is 5. The number of nitrogens with zero attached hydrogens (tertiary/aromatic N) is 4. The van der Waals surface area contributed by atoms with Crippen LogP contribution in [0.25, 0.3) is 33.8 Å². The zero-order chi connectivity index (χ0) is 22.9. The van der Waals surface area contributed by atoms with E-state index in [4.69, 9.17) is 4.42 Å². The summed E-state index contributed by atoms with van der Waals surface area (Å²) in [6, 6.07) is 17.0.